The Kier molecular flexibility index (Phi) is 7.01. The van der Waals surface area contributed by atoms with Crippen LogP contribution < -0.4 is 10.2 Å². The van der Waals surface area contributed by atoms with Gasteiger partial charge in [0.1, 0.15) is 5.82 Å². The minimum atomic E-state index is -0.266. The van der Waals surface area contributed by atoms with Crippen molar-refractivity contribution in [3.63, 3.8) is 0 Å². The summed E-state index contributed by atoms with van der Waals surface area (Å²) in [5, 5.41) is 3.07. The van der Waals surface area contributed by atoms with Crippen LogP contribution in [0.5, 0.6) is 0 Å². The largest absolute Gasteiger partial charge is 0.309 e. The molecule has 1 N–H and O–H groups in total. The Morgan fingerprint density at radius 3 is 2.43 bits per heavy atom. The summed E-state index contributed by atoms with van der Waals surface area (Å²) >= 11 is 0. The first-order valence-electron chi connectivity index (χ1n) is 7.00. The third kappa shape index (κ3) is 4.02. The second kappa shape index (κ2) is 8.29. The van der Waals surface area contributed by atoms with Crippen molar-refractivity contribution in [1.82, 2.24) is 5.32 Å². The summed E-state index contributed by atoms with van der Waals surface area (Å²) in [6.07, 6.45) is 0.700. The molecular formula is C17H19Cl2FN2O. The quantitative estimate of drug-likeness (QED) is 0.914. The summed E-state index contributed by atoms with van der Waals surface area (Å²) in [4.78, 5) is 14.4. The van der Waals surface area contributed by atoms with E-state index in [9.17, 15) is 9.18 Å². The highest BCUT2D eigenvalue weighted by molar-refractivity contribution is 6.00. The van der Waals surface area contributed by atoms with E-state index in [2.05, 4.69) is 5.32 Å². The van der Waals surface area contributed by atoms with Gasteiger partial charge < -0.3 is 10.2 Å². The number of amides is 1. The molecule has 6 heteroatoms. The summed E-state index contributed by atoms with van der Waals surface area (Å²) in [5.74, 6) is -0.210. The molecule has 0 spiro atoms. The molecule has 1 aliphatic rings. The minimum Gasteiger partial charge on any atom is -0.309 e. The maximum Gasteiger partial charge on any atom is 0.244 e. The summed E-state index contributed by atoms with van der Waals surface area (Å²) in [5.41, 5.74) is 3.01. The van der Waals surface area contributed by atoms with Crippen LogP contribution in [0.2, 0.25) is 0 Å². The van der Waals surface area contributed by atoms with Gasteiger partial charge in [-0.25, -0.2) is 4.39 Å². The van der Waals surface area contributed by atoms with Crippen molar-refractivity contribution >= 4 is 36.4 Å². The fourth-order valence-corrected chi connectivity index (χ4v) is 2.72. The van der Waals surface area contributed by atoms with Crippen LogP contribution in [-0.2, 0) is 17.8 Å². The lowest BCUT2D eigenvalue weighted by atomic mass is 9.96. The second-order valence-electron chi connectivity index (χ2n) is 5.22. The molecule has 0 aliphatic carbocycles. The number of nitrogens with one attached hydrogen (secondary N) is 1. The number of carbonyl (C=O) groups excluding carboxylic acids is 1. The normalized spacial score (nSPS) is 16.2. The number of para-hydroxylation sites is 1. The van der Waals surface area contributed by atoms with Gasteiger partial charge in [-0.3, -0.25) is 4.79 Å². The molecule has 124 valence electrons. The van der Waals surface area contributed by atoms with Gasteiger partial charge in [0, 0.05) is 5.69 Å². The van der Waals surface area contributed by atoms with E-state index >= 15 is 0 Å². The molecule has 0 saturated carbocycles. The SMILES string of the molecule is CNC1Cc2ccccc2N(Cc2ccc(F)cc2)C1=O.Cl.Cl. The van der Waals surface area contributed by atoms with Gasteiger partial charge in [-0.05, 0) is 42.8 Å². The summed E-state index contributed by atoms with van der Waals surface area (Å²) in [7, 11) is 1.80. The molecule has 1 aliphatic heterocycles. The van der Waals surface area contributed by atoms with Crippen LogP contribution in [0.25, 0.3) is 0 Å². The predicted octanol–water partition coefficient (Wildman–Crippen LogP) is 3.35. The minimum absolute atomic E-state index is 0. The van der Waals surface area contributed by atoms with Crippen LogP contribution >= 0.6 is 24.8 Å². The summed E-state index contributed by atoms with van der Waals surface area (Å²) in [6, 6.07) is 14.0. The van der Waals surface area contributed by atoms with Crippen molar-refractivity contribution < 1.29 is 9.18 Å². The highest BCUT2D eigenvalue weighted by Crippen LogP contribution is 2.29. The first-order valence-corrected chi connectivity index (χ1v) is 7.00. The average Bonchev–Trinajstić information content (AvgIpc) is 2.51. The zero-order chi connectivity index (χ0) is 14.8. The zero-order valence-electron chi connectivity index (χ0n) is 12.7. The Labute approximate surface area is 147 Å². The van der Waals surface area contributed by atoms with Crippen LogP contribution in [-0.4, -0.2) is 19.0 Å². The Morgan fingerprint density at radius 1 is 1.13 bits per heavy atom. The van der Waals surface area contributed by atoms with Gasteiger partial charge >= 0.3 is 0 Å². The molecule has 0 aromatic heterocycles. The van der Waals surface area contributed by atoms with Gasteiger partial charge in [0.2, 0.25) is 5.91 Å². The maximum atomic E-state index is 13.0. The van der Waals surface area contributed by atoms with Gasteiger partial charge in [-0.2, -0.15) is 0 Å². The lowest BCUT2D eigenvalue weighted by Crippen LogP contribution is -2.49. The number of likely N-dealkylation sites (N-methyl/N-ethyl adjacent to an activating group) is 1. The van der Waals surface area contributed by atoms with E-state index in [0.29, 0.717) is 13.0 Å². The molecule has 2 aromatic carbocycles. The standard InChI is InChI=1S/C17H17FN2O.2ClH/c1-19-15-10-13-4-2-3-5-16(13)20(17(15)21)11-12-6-8-14(18)9-7-12;;/h2-9,15,19H,10-11H2,1H3;2*1H. The number of fused-ring (bicyclic) bond motifs is 1. The fraction of sp³-hybridized carbons (Fsp3) is 0.235. The number of rotatable bonds is 3. The highest BCUT2D eigenvalue weighted by Gasteiger charge is 2.31. The molecule has 0 saturated heterocycles. The first kappa shape index (κ1) is 19.4. The number of hydrogen-bond acceptors (Lipinski definition) is 2. The number of hydrogen-bond donors (Lipinski definition) is 1. The Hall–Kier alpha value is -1.62. The van der Waals surface area contributed by atoms with E-state index in [1.54, 1.807) is 24.1 Å². The summed E-state index contributed by atoms with van der Waals surface area (Å²) < 4.78 is 13.0. The first-order chi connectivity index (χ1) is 10.2. The van der Waals surface area contributed by atoms with E-state index in [1.807, 2.05) is 24.3 Å². The van der Waals surface area contributed by atoms with E-state index < -0.39 is 0 Å². The number of nitrogens with zero attached hydrogens (tertiary/aromatic N) is 1. The van der Waals surface area contributed by atoms with Gasteiger partial charge in [-0.1, -0.05) is 30.3 Å². The van der Waals surface area contributed by atoms with Crippen molar-refractivity contribution in [3.8, 4) is 0 Å². The molecule has 23 heavy (non-hydrogen) atoms. The van der Waals surface area contributed by atoms with Crippen LogP contribution in [0.15, 0.2) is 48.5 Å². The second-order valence-corrected chi connectivity index (χ2v) is 5.22. The summed E-state index contributed by atoms with van der Waals surface area (Å²) in [6.45, 7) is 0.453. The molecule has 1 unspecified atom stereocenters. The van der Waals surface area contributed by atoms with E-state index in [-0.39, 0.29) is 42.6 Å². The predicted molar refractivity (Wildman–Crippen MR) is 95.1 cm³/mol. The molecule has 1 amide bonds. The van der Waals surface area contributed by atoms with Crippen LogP contribution in [0, 0.1) is 5.82 Å². The van der Waals surface area contributed by atoms with Crippen molar-refractivity contribution in [1.29, 1.82) is 0 Å². The van der Waals surface area contributed by atoms with Gasteiger partial charge in [0.25, 0.3) is 0 Å². The number of carbonyl (C=O) groups is 1. The third-order valence-corrected chi connectivity index (χ3v) is 3.87. The fourth-order valence-electron chi connectivity index (χ4n) is 2.72. The van der Waals surface area contributed by atoms with Crippen molar-refractivity contribution in [2.75, 3.05) is 11.9 Å². The van der Waals surface area contributed by atoms with Gasteiger partial charge in [0.15, 0.2) is 0 Å². The number of anilines is 1. The average molecular weight is 357 g/mol. The van der Waals surface area contributed by atoms with Crippen LogP contribution in [0.1, 0.15) is 11.1 Å². The molecule has 0 radical (unpaired) electrons. The zero-order valence-corrected chi connectivity index (χ0v) is 14.3. The topological polar surface area (TPSA) is 32.3 Å². The molecular weight excluding hydrogens is 338 g/mol. The molecule has 1 heterocycles. The Balaban J connectivity index is 0.00000132. The Morgan fingerprint density at radius 2 is 1.78 bits per heavy atom. The molecule has 2 aromatic rings. The van der Waals surface area contributed by atoms with Crippen LogP contribution in [0.4, 0.5) is 10.1 Å². The van der Waals surface area contributed by atoms with Gasteiger partial charge in [-0.15, -0.1) is 24.8 Å². The monoisotopic (exact) mass is 356 g/mol. The van der Waals surface area contributed by atoms with Crippen molar-refractivity contribution in [2.24, 2.45) is 0 Å². The number of halogens is 3. The lowest BCUT2D eigenvalue weighted by Gasteiger charge is -2.34. The van der Waals surface area contributed by atoms with Crippen molar-refractivity contribution in [3.05, 3.63) is 65.5 Å². The molecule has 3 nitrogen and oxygen atoms in total. The smallest absolute Gasteiger partial charge is 0.244 e. The molecule has 0 bridgehead atoms. The van der Waals surface area contributed by atoms with Crippen molar-refractivity contribution in [2.45, 2.75) is 19.0 Å². The molecule has 3 rings (SSSR count). The third-order valence-electron chi connectivity index (χ3n) is 3.87. The Bertz CT molecular complexity index is 664. The molecule has 1 atom stereocenters. The van der Waals surface area contributed by atoms with E-state index in [4.69, 9.17) is 0 Å². The number of benzene rings is 2. The van der Waals surface area contributed by atoms with Gasteiger partial charge in [0.05, 0.1) is 12.6 Å². The van der Waals surface area contributed by atoms with Crippen LogP contribution in [0.3, 0.4) is 0 Å². The highest BCUT2D eigenvalue weighted by atomic mass is 35.5. The molecule has 0 fully saturated rings. The maximum absolute atomic E-state index is 13.0. The van der Waals surface area contributed by atoms with E-state index in [0.717, 1.165) is 16.8 Å². The van der Waals surface area contributed by atoms with E-state index in [1.165, 1.54) is 12.1 Å². The lowest BCUT2D eigenvalue weighted by molar-refractivity contribution is -0.121.